The average Bonchev–Trinajstić information content (AvgIpc) is 2.63. The van der Waals surface area contributed by atoms with Crippen LogP contribution in [0.15, 0.2) is 48.5 Å². The van der Waals surface area contributed by atoms with Crippen molar-refractivity contribution in [3.63, 3.8) is 0 Å². The Balaban J connectivity index is 2.08. The molecule has 0 aromatic heterocycles. The zero-order chi connectivity index (χ0) is 19.9. The van der Waals surface area contributed by atoms with Crippen LogP contribution in [0.4, 0.5) is 5.69 Å². The summed E-state index contributed by atoms with van der Waals surface area (Å²) in [7, 11) is 0. The van der Waals surface area contributed by atoms with Crippen LogP contribution in [0.2, 0.25) is 0 Å². The molecule has 7 nitrogen and oxygen atoms in total. The van der Waals surface area contributed by atoms with E-state index in [1.54, 1.807) is 69.3 Å². The second-order valence-electron chi connectivity index (χ2n) is 6.22. The van der Waals surface area contributed by atoms with Crippen LogP contribution in [-0.2, 0) is 14.3 Å². The Morgan fingerprint density at radius 3 is 2.30 bits per heavy atom. The number of nitrogen functional groups attached to an aromatic ring is 1. The summed E-state index contributed by atoms with van der Waals surface area (Å²) in [5, 5.41) is 2.51. The molecule has 0 heterocycles. The first kappa shape index (κ1) is 20.1. The molecule has 0 fully saturated rings. The van der Waals surface area contributed by atoms with E-state index in [2.05, 4.69) is 5.32 Å². The van der Waals surface area contributed by atoms with Gasteiger partial charge in [0.2, 0.25) is 0 Å². The van der Waals surface area contributed by atoms with E-state index in [9.17, 15) is 9.59 Å². The number of carbonyl (C=O) groups excluding carboxylic acids is 2. The number of amides is 1. The first-order valence-corrected chi connectivity index (χ1v) is 8.57. The van der Waals surface area contributed by atoms with Crippen LogP contribution in [0.1, 0.15) is 20.8 Å². The van der Waals surface area contributed by atoms with E-state index in [0.29, 0.717) is 22.9 Å². The van der Waals surface area contributed by atoms with Crippen molar-refractivity contribution in [2.24, 2.45) is 0 Å². The van der Waals surface area contributed by atoms with Crippen molar-refractivity contribution >= 4 is 17.6 Å². The van der Waals surface area contributed by atoms with E-state index in [0.717, 1.165) is 0 Å². The van der Waals surface area contributed by atoms with Crippen LogP contribution in [0, 0.1) is 0 Å². The summed E-state index contributed by atoms with van der Waals surface area (Å²) >= 11 is 0. The zero-order valence-electron chi connectivity index (χ0n) is 15.7. The van der Waals surface area contributed by atoms with E-state index >= 15 is 0 Å². The molecule has 0 atom stereocenters. The third-order valence-corrected chi connectivity index (χ3v) is 3.57. The Morgan fingerprint density at radius 2 is 1.67 bits per heavy atom. The highest BCUT2D eigenvalue weighted by Gasteiger charge is 2.31. The van der Waals surface area contributed by atoms with Gasteiger partial charge in [-0.05, 0) is 57.2 Å². The lowest BCUT2D eigenvalue weighted by atomic mass is 10.1. The number of hydrogen-bond donors (Lipinski definition) is 2. The lowest BCUT2D eigenvalue weighted by Gasteiger charge is -2.26. The lowest BCUT2D eigenvalue weighted by molar-refractivity contribution is -0.145. The van der Waals surface area contributed by atoms with Gasteiger partial charge < -0.3 is 25.3 Å². The van der Waals surface area contributed by atoms with Crippen molar-refractivity contribution in [1.29, 1.82) is 0 Å². The van der Waals surface area contributed by atoms with Gasteiger partial charge in [0.1, 0.15) is 12.3 Å². The molecule has 0 unspecified atom stereocenters. The third-order valence-electron chi connectivity index (χ3n) is 3.57. The summed E-state index contributed by atoms with van der Waals surface area (Å²) in [5.74, 6) is 0.482. The standard InChI is InChI=1S/C20H24N2O5/c1-4-25-18(23)13-22-19(24)20(2,3)27-17-8-6-5-7-16(17)26-15-11-9-14(21)10-12-15/h5-12H,4,13,21H2,1-3H3,(H,22,24). The molecule has 0 spiro atoms. The van der Waals surface area contributed by atoms with Crippen molar-refractivity contribution in [2.45, 2.75) is 26.4 Å². The largest absolute Gasteiger partial charge is 0.474 e. The molecule has 2 aromatic rings. The van der Waals surface area contributed by atoms with Crippen molar-refractivity contribution in [3.8, 4) is 17.2 Å². The molecule has 1 amide bonds. The van der Waals surface area contributed by atoms with Crippen LogP contribution in [0.25, 0.3) is 0 Å². The molecule has 144 valence electrons. The molecule has 2 rings (SSSR count). The molecule has 7 heteroatoms. The van der Waals surface area contributed by atoms with Gasteiger partial charge in [0, 0.05) is 5.69 Å². The van der Waals surface area contributed by atoms with Crippen LogP contribution in [0.5, 0.6) is 17.2 Å². The highest BCUT2D eigenvalue weighted by Crippen LogP contribution is 2.33. The van der Waals surface area contributed by atoms with Gasteiger partial charge in [0.05, 0.1) is 6.61 Å². The first-order chi connectivity index (χ1) is 12.8. The third kappa shape index (κ3) is 5.91. The van der Waals surface area contributed by atoms with Gasteiger partial charge in [0.15, 0.2) is 17.1 Å². The maximum absolute atomic E-state index is 12.4. The molecular weight excluding hydrogens is 348 g/mol. The van der Waals surface area contributed by atoms with Crippen LogP contribution in [0.3, 0.4) is 0 Å². The van der Waals surface area contributed by atoms with E-state index in [-0.39, 0.29) is 13.2 Å². The Morgan fingerprint density at radius 1 is 1.04 bits per heavy atom. The molecule has 0 saturated heterocycles. The SMILES string of the molecule is CCOC(=O)CNC(=O)C(C)(C)Oc1ccccc1Oc1ccc(N)cc1. The molecular formula is C20H24N2O5. The monoisotopic (exact) mass is 372 g/mol. The molecule has 0 radical (unpaired) electrons. The van der Waals surface area contributed by atoms with Gasteiger partial charge in [-0.1, -0.05) is 12.1 Å². The Kier molecular flexibility index (Phi) is 6.65. The smallest absolute Gasteiger partial charge is 0.325 e. The minimum atomic E-state index is -1.23. The van der Waals surface area contributed by atoms with E-state index in [1.807, 2.05) is 0 Å². The maximum atomic E-state index is 12.4. The fourth-order valence-electron chi connectivity index (χ4n) is 2.18. The predicted octanol–water partition coefficient (Wildman–Crippen LogP) is 2.90. The van der Waals surface area contributed by atoms with Crippen molar-refractivity contribution in [1.82, 2.24) is 5.32 Å². The second kappa shape index (κ2) is 8.93. The topological polar surface area (TPSA) is 99.9 Å². The lowest BCUT2D eigenvalue weighted by Crippen LogP contribution is -2.48. The minimum absolute atomic E-state index is 0.219. The number of anilines is 1. The van der Waals surface area contributed by atoms with Crippen LogP contribution < -0.4 is 20.5 Å². The van der Waals surface area contributed by atoms with Gasteiger partial charge in [-0.2, -0.15) is 0 Å². The molecule has 27 heavy (non-hydrogen) atoms. The number of para-hydroxylation sites is 2. The number of carbonyl (C=O) groups is 2. The van der Waals surface area contributed by atoms with Crippen LogP contribution >= 0.6 is 0 Å². The number of rotatable bonds is 8. The molecule has 0 bridgehead atoms. The summed E-state index contributed by atoms with van der Waals surface area (Å²) in [6, 6.07) is 13.9. The normalized spacial score (nSPS) is 10.8. The van der Waals surface area contributed by atoms with E-state index in [4.69, 9.17) is 19.9 Å². The summed E-state index contributed by atoms with van der Waals surface area (Å²) in [5.41, 5.74) is 5.08. The molecule has 2 aromatic carbocycles. The van der Waals surface area contributed by atoms with Gasteiger partial charge in [0.25, 0.3) is 5.91 Å². The number of nitrogens with one attached hydrogen (secondary N) is 1. The Bertz CT molecular complexity index is 787. The summed E-state index contributed by atoms with van der Waals surface area (Å²) < 4.78 is 16.5. The fraction of sp³-hybridized carbons (Fsp3) is 0.300. The quantitative estimate of drug-likeness (QED) is 0.546. The summed E-state index contributed by atoms with van der Waals surface area (Å²) in [6.45, 7) is 4.94. The summed E-state index contributed by atoms with van der Waals surface area (Å²) in [4.78, 5) is 23.8. The Hall–Kier alpha value is -3.22. The first-order valence-electron chi connectivity index (χ1n) is 8.57. The zero-order valence-corrected chi connectivity index (χ0v) is 15.7. The van der Waals surface area contributed by atoms with Gasteiger partial charge in [-0.25, -0.2) is 0 Å². The minimum Gasteiger partial charge on any atom is -0.474 e. The van der Waals surface area contributed by atoms with E-state index < -0.39 is 17.5 Å². The van der Waals surface area contributed by atoms with Crippen molar-refractivity contribution in [2.75, 3.05) is 18.9 Å². The Labute approximate surface area is 158 Å². The van der Waals surface area contributed by atoms with Crippen molar-refractivity contribution in [3.05, 3.63) is 48.5 Å². The molecule has 0 aliphatic carbocycles. The predicted molar refractivity (Wildman–Crippen MR) is 102 cm³/mol. The molecule has 0 saturated carbocycles. The van der Waals surface area contributed by atoms with Gasteiger partial charge in [-0.15, -0.1) is 0 Å². The van der Waals surface area contributed by atoms with E-state index in [1.165, 1.54) is 0 Å². The number of hydrogen-bond acceptors (Lipinski definition) is 6. The highest BCUT2D eigenvalue weighted by atomic mass is 16.5. The molecule has 3 N–H and O–H groups in total. The highest BCUT2D eigenvalue weighted by molar-refractivity contribution is 5.88. The van der Waals surface area contributed by atoms with Gasteiger partial charge >= 0.3 is 5.97 Å². The average molecular weight is 372 g/mol. The van der Waals surface area contributed by atoms with Gasteiger partial charge in [-0.3, -0.25) is 9.59 Å². The molecule has 0 aliphatic heterocycles. The van der Waals surface area contributed by atoms with Crippen molar-refractivity contribution < 1.29 is 23.8 Å². The number of benzene rings is 2. The number of nitrogens with two attached hydrogens (primary N) is 1. The molecule has 0 aliphatic rings. The fourth-order valence-corrected chi connectivity index (χ4v) is 2.18. The maximum Gasteiger partial charge on any atom is 0.325 e. The second-order valence-corrected chi connectivity index (χ2v) is 6.22. The number of ether oxygens (including phenoxy) is 3. The summed E-state index contributed by atoms with van der Waals surface area (Å²) in [6.07, 6.45) is 0. The number of esters is 1. The van der Waals surface area contributed by atoms with Crippen LogP contribution in [-0.4, -0.2) is 30.6 Å².